The van der Waals surface area contributed by atoms with Gasteiger partial charge < -0.3 is 59.6 Å². The van der Waals surface area contributed by atoms with Gasteiger partial charge in [-0.3, -0.25) is 4.79 Å². The molecule has 1 aliphatic heterocycles. The molecular weight excluding hydrogens is 614 g/mol. The highest BCUT2D eigenvalue weighted by molar-refractivity contribution is 5.95. The minimum atomic E-state index is -1.68. The van der Waals surface area contributed by atoms with Crippen LogP contribution >= 0.6 is 0 Å². The zero-order chi connectivity index (χ0) is 34.8. The zero-order valence-electron chi connectivity index (χ0n) is 28.5. The lowest BCUT2D eigenvalue weighted by Crippen LogP contribution is -2.60. The van der Waals surface area contributed by atoms with Crippen molar-refractivity contribution in [2.45, 2.75) is 139 Å². The number of hydrogen-bond donors (Lipinski definition) is 7. The molecule has 1 aromatic rings. The van der Waals surface area contributed by atoms with Crippen molar-refractivity contribution in [2.75, 3.05) is 34.5 Å². The summed E-state index contributed by atoms with van der Waals surface area (Å²) in [6, 6.07) is 1.67. The third kappa shape index (κ3) is 13.0. The molecule has 0 aliphatic carbocycles. The highest BCUT2D eigenvalue weighted by atomic mass is 16.7. The van der Waals surface area contributed by atoms with Crippen molar-refractivity contribution in [1.29, 1.82) is 0 Å². The van der Waals surface area contributed by atoms with Crippen LogP contribution in [0.4, 0.5) is 0 Å². The first-order valence-electron chi connectivity index (χ1n) is 17.0. The van der Waals surface area contributed by atoms with Crippen LogP contribution in [0.25, 0.3) is 0 Å². The van der Waals surface area contributed by atoms with Crippen LogP contribution in [0.5, 0.6) is 17.2 Å². The van der Waals surface area contributed by atoms with Crippen molar-refractivity contribution in [2.24, 2.45) is 0 Å². The average Bonchev–Trinajstić information content (AvgIpc) is 3.08. The number of benzene rings is 1. The summed E-state index contributed by atoms with van der Waals surface area (Å²) in [7, 11) is 4.25. The maximum absolute atomic E-state index is 13.4. The van der Waals surface area contributed by atoms with E-state index in [1.165, 1.54) is 84.8 Å². The predicted octanol–water partition coefficient (Wildman–Crippen LogP) is 2.44. The Kier molecular flexibility index (Phi) is 19.5. The van der Waals surface area contributed by atoms with Crippen LogP contribution < -0.4 is 19.5 Å². The minimum Gasteiger partial charge on any atom is -0.493 e. The molecule has 8 atom stereocenters. The smallest absolute Gasteiger partial charge is 0.251 e. The Morgan fingerprint density at radius 3 is 1.83 bits per heavy atom. The average molecular weight is 674 g/mol. The number of methoxy groups -OCH3 is 3. The lowest BCUT2D eigenvalue weighted by molar-refractivity contribution is -0.303. The number of aliphatic hydroxyl groups is 6. The van der Waals surface area contributed by atoms with Gasteiger partial charge in [0.15, 0.2) is 17.8 Å². The second kappa shape index (κ2) is 22.4. The lowest BCUT2D eigenvalue weighted by Gasteiger charge is -2.40. The van der Waals surface area contributed by atoms with Gasteiger partial charge in [0.25, 0.3) is 5.91 Å². The first-order chi connectivity index (χ1) is 22.6. The van der Waals surface area contributed by atoms with Crippen molar-refractivity contribution in [1.82, 2.24) is 5.32 Å². The number of nitrogens with one attached hydrogen (secondary N) is 1. The van der Waals surface area contributed by atoms with Crippen LogP contribution in [0.15, 0.2) is 12.1 Å². The third-order valence-electron chi connectivity index (χ3n) is 8.69. The van der Waals surface area contributed by atoms with E-state index in [0.717, 1.165) is 19.3 Å². The van der Waals surface area contributed by atoms with E-state index in [4.69, 9.17) is 23.7 Å². The van der Waals surface area contributed by atoms with E-state index in [0.29, 0.717) is 6.42 Å². The molecule has 47 heavy (non-hydrogen) atoms. The van der Waals surface area contributed by atoms with E-state index < -0.39 is 68.1 Å². The van der Waals surface area contributed by atoms with Gasteiger partial charge in [-0.1, -0.05) is 84.0 Å². The van der Waals surface area contributed by atoms with Crippen LogP contribution in [0.1, 0.15) is 101 Å². The van der Waals surface area contributed by atoms with Gasteiger partial charge in [-0.05, 0) is 18.6 Å². The number of carbonyl (C=O) groups excluding carboxylic acids is 1. The molecule has 0 saturated carbocycles. The number of carbonyl (C=O) groups is 1. The topological polar surface area (TPSA) is 197 Å². The van der Waals surface area contributed by atoms with Gasteiger partial charge >= 0.3 is 0 Å². The van der Waals surface area contributed by atoms with Crippen LogP contribution in [0, 0.1) is 0 Å². The van der Waals surface area contributed by atoms with E-state index in [9.17, 15) is 35.4 Å². The fraction of sp³-hybridized carbons (Fsp3) is 0.794. The molecule has 13 heteroatoms. The van der Waals surface area contributed by atoms with E-state index in [1.54, 1.807) is 0 Å². The molecule has 0 bridgehead atoms. The lowest BCUT2D eigenvalue weighted by atomic mass is 9.98. The largest absolute Gasteiger partial charge is 0.493 e. The molecule has 1 saturated heterocycles. The molecule has 0 spiro atoms. The summed E-state index contributed by atoms with van der Waals surface area (Å²) in [6.45, 7) is 1.13. The van der Waals surface area contributed by atoms with E-state index in [1.807, 2.05) is 0 Å². The molecule has 1 aromatic carbocycles. The Labute approximate surface area is 279 Å². The van der Waals surface area contributed by atoms with Crippen LogP contribution in [0.2, 0.25) is 0 Å². The van der Waals surface area contributed by atoms with Gasteiger partial charge in [0.1, 0.15) is 30.5 Å². The van der Waals surface area contributed by atoms with E-state index >= 15 is 0 Å². The Balaban J connectivity index is 2.02. The molecule has 0 unspecified atom stereocenters. The standard InChI is InChI=1S/C34H59NO12/c1-5-6-7-8-9-10-11-12-13-14-15-16-17-24(37)28(38)23(21-46-34-31(41)30(40)29(39)27(20-36)47-34)35-33(42)22-18-25(43-2)32(45-4)26(19-22)44-3/h18-19,23-24,27-31,34,36-41H,5-17,20-21H2,1-4H3,(H,35,42)/t23-,24+,27+,28-,29-,30-,31+,34-/m0/s1. The third-order valence-corrected chi connectivity index (χ3v) is 8.69. The molecule has 1 heterocycles. The maximum atomic E-state index is 13.4. The van der Waals surface area contributed by atoms with Gasteiger partial charge in [0.05, 0.1) is 46.7 Å². The molecular formula is C34H59NO12. The molecule has 272 valence electrons. The monoisotopic (exact) mass is 673 g/mol. The Bertz CT molecular complexity index is 986. The number of unbranched alkanes of at least 4 members (excludes halogenated alkanes) is 11. The molecule has 2 rings (SSSR count). The second-order valence-corrected chi connectivity index (χ2v) is 12.3. The number of hydrogen-bond acceptors (Lipinski definition) is 12. The molecule has 1 aliphatic rings. The van der Waals surface area contributed by atoms with Crippen molar-refractivity contribution >= 4 is 5.91 Å². The van der Waals surface area contributed by atoms with Crippen molar-refractivity contribution in [3.05, 3.63) is 17.7 Å². The van der Waals surface area contributed by atoms with Crippen LogP contribution in [0.3, 0.4) is 0 Å². The van der Waals surface area contributed by atoms with E-state index in [2.05, 4.69) is 12.2 Å². The predicted molar refractivity (Wildman–Crippen MR) is 175 cm³/mol. The molecule has 1 amide bonds. The van der Waals surface area contributed by atoms with Crippen molar-refractivity contribution < 1.29 is 59.1 Å². The normalized spacial score (nSPS) is 23.1. The summed E-state index contributed by atoms with van der Waals surface area (Å²) in [5, 5.41) is 64.9. The summed E-state index contributed by atoms with van der Waals surface area (Å²) >= 11 is 0. The Hall–Kier alpha value is -2.23. The fourth-order valence-corrected chi connectivity index (χ4v) is 5.73. The highest BCUT2D eigenvalue weighted by Crippen LogP contribution is 2.38. The highest BCUT2D eigenvalue weighted by Gasteiger charge is 2.44. The first kappa shape index (κ1) is 40.9. The van der Waals surface area contributed by atoms with Gasteiger partial charge in [-0.2, -0.15) is 0 Å². The fourth-order valence-electron chi connectivity index (χ4n) is 5.73. The number of aliphatic hydroxyl groups excluding tert-OH is 6. The first-order valence-corrected chi connectivity index (χ1v) is 17.0. The molecule has 1 fully saturated rings. The number of rotatable bonds is 24. The minimum absolute atomic E-state index is 0.111. The molecule has 7 N–H and O–H groups in total. The number of amides is 1. The zero-order valence-corrected chi connectivity index (χ0v) is 28.5. The summed E-state index contributed by atoms with van der Waals surface area (Å²) < 4.78 is 27.1. The number of ether oxygens (including phenoxy) is 5. The maximum Gasteiger partial charge on any atom is 0.251 e. The van der Waals surface area contributed by atoms with Crippen LogP contribution in [-0.2, 0) is 9.47 Å². The second-order valence-electron chi connectivity index (χ2n) is 12.3. The van der Waals surface area contributed by atoms with Crippen molar-refractivity contribution in [3.8, 4) is 17.2 Å². The van der Waals surface area contributed by atoms with Gasteiger partial charge in [-0.25, -0.2) is 0 Å². The summed E-state index contributed by atoms with van der Waals surface area (Å²) in [5.74, 6) is 0.104. The Morgan fingerprint density at radius 2 is 1.34 bits per heavy atom. The van der Waals surface area contributed by atoms with Gasteiger partial charge in [0, 0.05) is 5.56 Å². The molecule has 13 nitrogen and oxygen atoms in total. The quantitative estimate of drug-likeness (QED) is 0.0793. The summed E-state index contributed by atoms with van der Waals surface area (Å²) in [5.41, 5.74) is 0.111. The summed E-state index contributed by atoms with van der Waals surface area (Å²) in [4.78, 5) is 13.4. The van der Waals surface area contributed by atoms with Crippen molar-refractivity contribution in [3.63, 3.8) is 0 Å². The molecule has 0 radical (unpaired) electrons. The summed E-state index contributed by atoms with van der Waals surface area (Å²) in [6.07, 6.45) is 3.88. The van der Waals surface area contributed by atoms with Gasteiger partial charge in [0.2, 0.25) is 5.75 Å². The van der Waals surface area contributed by atoms with E-state index in [-0.39, 0.29) is 29.2 Å². The Morgan fingerprint density at radius 1 is 0.809 bits per heavy atom. The van der Waals surface area contributed by atoms with Gasteiger partial charge in [-0.15, -0.1) is 0 Å². The van der Waals surface area contributed by atoms with Crippen LogP contribution in [-0.4, -0.2) is 120 Å². The SMILES string of the molecule is CCCCCCCCCCCCCC[C@@H](O)[C@@H](O)[C@H](CO[C@H]1O[C@H](CO)[C@H](O)[C@H](O)[C@H]1O)NC(=O)c1cc(OC)c(OC)c(OC)c1. The molecule has 0 aromatic heterocycles.